The van der Waals surface area contributed by atoms with Crippen molar-refractivity contribution in [1.82, 2.24) is 9.55 Å². The molecule has 4 nitrogen and oxygen atoms in total. The van der Waals surface area contributed by atoms with Gasteiger partial charge in [-0.1, -0.05) is 47.5 Å². The topological polar surface area (TPSA) is 36.3 Å². The molecule has 0 radical (unpaired) electrons. The first-order valence-electron chi connectivity index (χ1n) is 9.34. The third-order valence-corrected chi connectivity index (χ3v) is 5.23. The van der Waals surface area contributed by atoms with E-state index in [2.05, 4.69) is 10.6 Å². The van der Waals surface area contributed by atoms with Crippen LogP contribution in [0.1, 0.15) is 6.42 Å². The Labute approximate surface area is 179 Å². The number of aryl methyl sites for hydroxylation is 1. The van der Waals surface area contributed by atoms with Crippen molar-refractivity contribution in [3.8, 4) is 22.9 Å². The van der Waals surface area contributed by atoms with Gasteiger partial charge in [0, 0.05) is 17.1 Å². The minimum absolute atomic E-state index is 0.556. The van der Waals surface area contributed by atoms with Gasteiger partial charge in [-0.25, -0.2) is 4.98 Å². The van der Waals surface area contributed by atoms with Crippen LogP contribution in [0.25, 0.3) is 22.4 Å². The number of fused-ring (bicyclic) bond motifs is 1. The van der Waals surface area contributed by atoms with E-state index in [0.29, 0.717) is 16.7 Å². The lowest BCUT2D eigenvalue weighted by Gasteiger charge is -2.13. The summed E-state index contributed by atoms with van der Waals surface area (Å²) in [6.45, 7) is 1.30. The van der Waals surface area contributed by atoms with Crippen LogP contribution in [0.4, 0.5) is 0 Å². The van der Waals surface area contributed by atoms with E-state index >= 15 is 0 Å². The summed E-state index contributed by atoms with van der Waals surface area (Å²) in [5.41, 5.74) is 2.85. The Bertz CT molecular complexity index is 1140. The molecule has 3 aromatic carbocycles. The molecule has 0 aliphatic rings. The Morgan fingerprint density at radius 2 is 1.69 bits per heavy atom. The molecule has 0 aliphatic carbocycles. The summed E-state index contributed by atoms with van der Waals surface area (Å²) < 4.78 is 13.4. The highest BCUT2D eigenvalue weighted by Crippen LogP contribution is 2.32. The first kappa shape index (κ1) is 19.6. The fourth-order valence-corrected chi connectivity index (χ4v) is 3.81. The summed E-state index contributed by atoms with van der Waals surface area (Å²) in [4.78, 5) is 4.81. The highest BCUT2D eigenvalue weighted by Gasteiger charge is 2.15. The molecule has 0 aliphatic heterocycles. The molecule has 0 atom stereocenters. The number of hydrogen-bond acceptors (Lipinski definition) is 3. The zero-order valence-electron chi connectivity index (χ0n) is 15.9. The van der Waals surface area contributed by atoms with Gasteiger partial charge in [-0.2, -0.15) is 0 Å². The van der Waals surface area contributed by atoms with E-state index < -0.39 is 0 Å². The maximum atomic E-state index is 6.46. The molecule has 0 amide bonds. The first-order chi connectivity index (χ1) is 14.2. The number of hydrogen-bond donors (Lipinski definition) is 0. The second-order valence-corrected chi connectivity index (χ2v) is 7.40. The fraction of sp³-hybridized carbons (Fsp3) is 0.174. The number of halogens is 2. The molecule has 0 fully saturated rings. The zero-order chi connectivity index (χ0) is 20.2. The van der Waals surface area contributed by atoms with E-state index in [1.54, 1.807) is 13.2 Å². The van der Waals surface area contributed by atoms with Crippen molar-refractivity contribution in [3.63, 3.8) is 0 Å². The van der Waals surface area contributed by atoms with Crippen LogP contribution in [0.2, 0.25) is 10.0 Å². The van der Waals surface area contributed by atoms with Crippen molar-refractivity contribution < 1.29 is 9.47 Å². The Morgan fingerprint density at radius 3 is 2.48 bits per heavy atom. The Hall–Kier alpha value is -2.69. The van der Waals surface area contributed by atoms with Crippen molar-refractivity contribution in [2.24, 2.45) is 0 Å². The predicted molar refractivity (Wildman–Crippen MR) is 118 cm³/mol. The lowest BCUT2D eigenvalue weighted by atomic mass is 10.2. The van der Waals surface area contributed by atoms with E-state index in [4.69, 9.17) is 37.7 Å². The molecule has 29 heavy (non-hydrogen) atoms. The monoisotopic (exact) mass is 426 g/mol. The quantitative estimate of drug-likeness (QED) is 0.317. The highest BCUT2D eigenvalue weighted by molar-refractivity contribution is 6.36. The number of imidazole rings is 1. The molecule has 6 heteroatoms. The molecule has 1 aromatic heterocycles. The number of nitrogens with zero attached hydrogens (tertiary/aromatic N) is 2. The Kier molecular flexibility index (Phi) is 5.93. The van der Waals surface area contributed by atoms with Crippen molar-refractivity contribution in [2.45, 2.75) is 13.0 Å². The molecular formula is C23H20Cl2N2O2. The second kappa shape index (κ2) is 8.76. The largest absolute Gasteiger partial charge is 0.493 e. The lowest BCUT2D eigenvalue weighted by Crippen LogP contribution is -2.06. The molecule has 148 valence electrons. The van der Waals surface area contributed by atoms with Crippen molar-refractivity contribution in [1.29, 1.82) is 0 Å². The normalized spacial score (nSPS) is 11.0. The molecule has 0 unspecified atom stereocenters. The molecule has 0 N–H and O–H groups in total. The fourth-order valence-electron chi connectivity index (χ4n) is 3.32. The maximum absolute atomic E-state index is 6.46. The van der Waals surface area contributed by atoms with Crippen LogP contribution in [0, 0.1) is 0 Å². The van der Waals surface area contributed by atoms with Crippen LogP contribution in [0.3, 0.4) is 0 Å². The van der Waals surface area contributed by atoms with Crippen molar-refractivity contribution in [2.75, 3.05) is 13.7 Å². The van der Waals surface area contributed by atoms with Crippen LogP contribution < -0.4 is 9.47 Å². The molecule has 4 aromatic rings. The third kappa shape index (κ3) is 4.19. The van der Waals surface area contributed by atoms with Gasteiger partial charge in [-0.05, 0) is 48.9 Å². The van der Waals surface area contributed by atoms with Crippen LogP contribution in [0.15, 0.2) is 66.7 Å². The lowest BCUT2D eigenvalue weighted by molar-refractivity contribution is 0.283. The molecule has 0 saturated heterocycles. The third-order valence-electron chi connectivity index (χ3n) is 4.68. The van der Waals surface area contributed by atoms with Crippen LogP contribution in [0.5, 0.6) is 11.5 Å². The zero-order valence-corrected chi connectivity index (χ0v) is 17.5. The highest BCUT2D eigenvalue weighted by atomic mass is 35.5. The number of rotatable bonds is 7. The van der Waals surface area contributed by atoms with E-state index in [1.807, 2.05) is 54.6 Å². The smallest absolute Gasteiger partial charge is 0.161 e. The molecule has 0 bridgehead atoms. The van der Waals surface area contributed by atoms with Gasteiger partial charge in [0.15, 0.2) is 11.5 Å². The van der Waals surface area contributed by atoms with Gasteiger partial charge in [0.25, 0.3) is 0 Å². The first-order valence-corrected chi connectivity index (χ1v) is 10.1. The summed E-state index contributed by atoms with van der Waals surface area (Å²) in [6, 6.07) is 21.2. The van der Waals surface area contributed by atoms with E-state index in [1.165, 1.54) is 0 Å². The maximum Gasteiger partial charge on any atom is 0.161 e. The van der Waals surface area contributed by atoms with Gasteiger partial charge in [-0.15, -0.1) is 0 Å². The van der Waals surface area contributed by atoms with Gasteiger partial charge in [0.2, 0.25) is 0 Å². The minimum atomic E-state index is 0.556. The van der Waals surface area contributed by atoms with Crippen LogP contribution >= 0.6 is 23.2 Å². The predicted octanol–water partition coefficient (Wildman–Crippen LogP) is 6.49. The summed E-state index contributed by atoms with van der Waals surface area (Å²) in [5.74, 6) is 2.30. The summed E-state index contributed by atoms with van der Waals surface area (Å²) in [7, 11) is 1.64. The SMILES string of the molecule is COc1ccccc1OCCCn1c(-c2ccc(Cl)cc2Cl)nc2ccccc21. The summed E-state index contributed by atoms with van der Waals surface area (Å²) >= 11 is 12.5. The molecule has 1 heterocycles. The van der Waals surface area contributed by atoms with Gasteiger partial charge < -0.3 is 14.0 Å². The number of aromatic nitrogens is 2. The molecule has 0 saturated carbocycles. The second-order valence-electron chi connectivity index (χ2n) is 6.55. The number of benzene rings is 3. The standard InChI is InChI=1S/C23H20Cl2N2O2/c1-28-21-9-4-5-10-22(21)29-14-6-13-27-20-8-3-2-7-19(20)26-23(27)17-12-11-16(24)15-18(17)25/h2-5,7-12,15H,6,13-14H2,1H3. The number of para-hydroxylation sites is 4. The minimum Gasteiger partial charge on any atom is -0.493 e. The number of methoxy groups -OCH3 is 1. The molecular weight excluding hydrogens is 407 g/mol. The van der Waals surface area contributed by atoms with Gasteiger partial charge in [-0.3, -0.25) is 0 Å². The summed E-state index contributed by atoms with van der Waals surface area (Å²) in [6.07, 6.45) is 0.802. The van der Waals surface area contributed by atoms with Gasteiger partial charge in [0.05, 0.1) is 29.8 Å². The van der Waals surface area contributed by atoms with Gasteiger partial charge >= 0.3 is 0 Å². The summed E-state index contributed by atoms with van der Waals surface area (Å²) in [5, 5.41) is 1.19. The van der Waals surface area contributed by atoms with Crippen LogP contribution in [-0.2, 0) is 6.54 Å². The van der Waals surface area contributed by atoms with E-state index in [9.17, 15) is 0 Å². The van der Waals surface area contributed by atoms with Crippen molar-refractivity contribution in [3.05, 3.63) is 76.8 Å². The van der Waals surface area contributed by atoms with Crippen molar-refractivity contribution >= 4 is 34.2 Å². The van der Waals surface area contributed by atoms with Gasteiger partial charge in [0.1, 0.15) is 5.82 Å². The molecule has 0 spiro atoms. The van der Waals surface area contributed by atoms with E-state index in [0.717, 1.165) is 46.9 Å². The molecule has 4 rings (SSSR count). The Balaban J connectivity index is 1.58. The average molecular weight is 427 g/mol. The number of ether oxygens (including phenoxy) is 2. The van der Waals surface area contributed by atoms with E-state index in [-0.39, 0.29) is 0 Å². The van der Waals surface area contributed by atoms with Crippen LogP contribution in [-0.4, -0.2) is 23.3 Å². The average Bonchev–Trinajstić information content (AvgIpc) is 3.09. The Morgan fingerprint density at radius 1 is 0.931 bits per heavy atom.